The smallest absolute Gasteiger partial charge is 0.234 e. The molecule has 0 atom stereocenters. The topological polar surface area (TPSA) is 85.8 Å². The van der Waals surface area contributed by atoms with E-state index in [1.54, 1.807) is 4.68 Å². The second-order valence-electron chi connectivity index (χ2n) is 5.28. The number of hydrogen-bond donors (Lipinski definition) is 2. The van der Waals surface area contributed by atoms with Crippen LogP contribution in [0.15, 0.2) is 30.5 Å². The van der Waals surface area contributed by atoms with E-state index in [0.717, 1.165) is 5.69 Å². The predicted molar refractivity (Wildman–Crippen MR) is 80.6 cm³/mol. The second kappa shape index (κ2) is 6.99. The molecule has 1 aromatic carbocycles. The molecule has 6 heteroatoms. The molecule has 1 amide bonds. The number of carbonyl (C=O) groups is 1. The molecule has 3 N–H and O–H groups in total. The van der Waals surface area contributed by atoms with E-state index in [4.69, 9.17) is 5.73 Å². The summed E-state index contributed by atoms with van der Waals surface area (Å²) in [7, 11) is 0. The van der Waals surface area contributed by atoms with E-state index < -0.39 is 0 Å². The number of nitrogens with zero attached hydrogens (tertiary/aromatic N) is 3. The van der Waals surface area contributed by atoms with Crippen molar-refractivity contribution in [3.8, 4) is 0 Å². The third-order valence-corrected chi connectivity index (χ3v) is 3.23. The Balaban J connectivity index is 1.94. The second-order valence-corrected chi connectivity index (χ2v) is 5.28. The number of aromatic nitrogens is 3. The van der Waals surface area contributed by atoms with Crippen LogP contribution in [0.5, 0.6) is 0 Å². The highest BCUT2D eigenvalue weighted by molar-refractivity contribution is 5.77. The van der Waals surface area contributed by atoms with E-state index in [9.17, 15) is 4.79 Å². The summed E-state index contributed by atoms with van der Waals surface area (Å²) in [5.74, 6) is 0.331. The van der Waals surface area contributed by atoms with Crippen LogP contribution in [0.2, 0.25) is 0 Å². The molecule has 0 radical (unpaired) electrons. The number of nitrogens with one attached hydrogen (secondary N) is 1. The first kappa shape index (κ1) is 15.2. The number of rotatable bonds is 6. The zero-order chi connectivity index (χ0) is 15.2. The van der Waals surface area contributed by atoms with Crippen LogP contribution in [-0.4, -0.2) is 27.4 Å². The van der Waals surface area contributed by atoms with Gasteiger partial charge in [0, 0.05) is 0 Å². The van der Waals surface area contributed by atoms with Crippen LogP contribution in [0.25, 0.3) is 0 Å². The van der Waals surface area contributed by atoms with Gasteiger partial charge >= 0.3 is 0 Å². The molecule has 0 saturated carbocycles. The van der Waals surface area contributed by atoms with Crippen molar-refractivity contribution in [1.29, 1.82) is 0 Å². The van der Waals surface area contributed by atoms with E-state index in [2.05, 4.69) is 53.7 Å². The Morgan fingerprint density at radius 1 is 1.33 bits per heavy atom. The number of nitrogens with two attached hydrogens (primary N) is 1. The molecule has 2 rings (SSSR count). The minimum Gasteiger partial charge on any atom is -0.349 e. The normalized spacial score (nSPS) is 10.9. The van der Waals surface area contributed by atoms with Crippen LogP contribution in [0.4, 0.5) is 0 Å². The number of hydrogen-bond acceptors (Lipinski definition) is 4. The largest absolute Gasteiger partial charge is 0.349 e. The Kier molecular flexibility index (Phi) is 5.05. The molecule has 0 aliphatic carbocycles. The molecule has 1 aromatic heterocycles. The van der Waals surface area contributed by atoms with Crippen LogP contribution in [0.3, 0.4) is 0 Å². The van der Waals surface area contributed by atoms with E-state index in [1.165, 1.54) is 11.1 Å². The maximum atomic E-state index is 11.1. The molecule has 1 heterocycles. The summed E-state index contributed by atoms with van der Waals surface area (Å²) < 4.78 is 1.76. The molecule has 2 aromatic rings. The van der Waals surface area contributed by atoms with Crippen molar-refractivity contribution in [1.82, 2.24) is 20.3 Å². The number of benzene rings is 1. The van der Waals surface area contributed by atoms with Gasteiger partial charge in [-0.25, -0.2) is 4.68 Å². The highest BCUT2D eigenvalue weighted by Gasteiger charge is 2.04. The van der Waals surface area contributed by atoms with Gasteiger partial charge in [0.15, 0.2) is 0 Å². The monoisotopic (exact) mass is 287 g/mol. The van der Waals surface area contributed by atoms with E-state index in [1.807, 2.05) is 6.20 Å². The summed E-state index contributed by atoms with van der Waals surface area (Å²) in [5.41, 5.74) is 8.43. The Hall–Kier alpha value is -2.21. The summed E-state index contributed by atoms with van der Waals surface area (Å²) in [4.78, 5) is 11.1. The van der Waals surface area contributed by atoms with Crippen molar-refractivity contribution in [2.24, 2.45) is 5.73 Å². The zero-order valence-electron chi connectivity index (χ0n) is 12.4. The van der Waals surface area contributed by atoms with Gasteiger partial charge in [-0.2, -0.15) is 0 Å². The molecule has 0 aliphatic heterocycles. The first-order valence-electron chi connectivity index (χ1n) is 7.03. The number of carbonyl (C=O) groups excluding carboxylic acids is 1. The molecular formula is C15H21N5O. The van der Waals surface area contributed by atoms with Crippen LogP contribution < -0.4 is 11.1 Å². The minimum absolute atomic E-state index is 0.0175. The Labute approximate surface area is 124 Å². The highest BCUT2D eigenvalue weighted by atomic mass is 16.1. The summed E-state index contributed by atoms with van der Waals surface area (Å²) in [6, 6.07) is 8.48. The molecule has 0 bridgehead atoms. The van der Waals surface area contributed by atoms with Crippen molar-refractivity contribution in [3.63, 3.8) is 0 Å². The Morgan fingerprint density at radius 3 is 2.67 bits per heavy atom. The van der Waals surface area contributed by atoms with Gasteiger partial charge in [0.2, 0.25) is 5.91 Å². The van der Waals surface area contributed by atoms with Crippen LogP contribution in [0.1, 0.15) is 36.6 Å². The Bertz CT molecular complexity index is 588. The molecule has 0 unspecified atom stereocenters. The van der Waals surface area contributed by atoms with Gasteiger partial charge < -0.3 is 11.1 Å². The lowest BCUT2D eigenvalue weighted by Crippen LogP contribution is -2.29. The average Bonchev–Trinajstić information content (AvgIpc) is 2.93. The quantitative estimate of drug-likeness (QED) is 0.830. The zero-order valence-corrected chi connectivity index (χ0v) is 12.4. The van der Waals surface area contributed by atoms with Gasteiger partial charge in [-0.3, -0.25) is 4.79 Å². The van der Waals surface area contributed by atoms with Crippen LogP contribution in [0, 0.1) is 0 Å². The molecular weight excluding hydrogens is 266 g/mol. The minimum atomic E-state index is -0.200. The predicted octanol–water partition coefficient (Wildman–Crippen LogP) is 1.02. The van der Waals surface area contributed by atoms with Gasteiger partial charge in [0.05, 0.1) is 25.8 Å². The third-order valence-electron chi connectivity index (χ3n) is 3.23. The summed E-state index contributed by atoms with van der Waals surface area (Å²) in [5, 5.41) is 10.7. The lowest BCUT2D eigenvalue weighted by Gasteiger charge is -2.06. The Morgan fingerprint density at radius 2 is 2.05 bits per heavy atom. The van der Waals surface area contributed by atoms with Gasteiger partial charge in [-0.1, -0.05) is 43.3 Å². The van der Waals surface area contributed by atoms with E-state index >= 15 is 0 Å². The fourth-order valence-corrected chi connectivity index (χ4v) is 1.95. The lowest BCUT2D eigenvalue weighted by atomic mass is 10.0. The van der Waals surface area contributed by atoms with Gasteiger partial charge in [-0.15, -0.1) is 5.10 Å². The standard InChI is InChI=1S/C15H21N5O/c1-11(2)13-5-3-12(4-6-13)9-20-10-14(18-19-20)8-17-15(21)7-16/h3-6,10-11H,7-9,16H2,1-2H3,(H,17,21). The molecule has 21 heavy (non-hydrogen) atoms. The molecule has 0 fully saturated rings. The van der Waals surface area contributed by atoms with Crippen molar-refractivity contribution >= 4 is 5.91 Å². The van der Waals surface area contributed by atoms with E-state index in [0.29, 0.717) is 19.0 Å². The van der Waals surface area contributed by atoms with Crippen molar-refractivity contribution in [3.05, 3.63) is 47.3 Å². The van der Waals surface area contributed by atoms with Gasteiger partial charge in [0.25, 0.3) is 0 Å². The third kappa shape index (κ3) is 4.39. The SMILES string of the molecule is CC(C)c1ccc(Cn2cc(CNC(=O)CN)nn2)cc1. The molecule has 0 aliphatic rings. The van der Waals surface area contributed by atoms with Crippen molar-refractivity contribution in [2.75, 3.05) is 6.54 Å². The highest BCUT2D eigenvalue weighted by Crippen LogP contribution is 2.15. The van der Waals surface area contributed by atoms with Crippen LogP contribution >= 0.6 is 0 Å². The van der Waals surface area contributed by atoms with E-state index in [-0.39, 0.29) is 12.5 Å². The summed E-state index contributed by atoms with van der Waals surface area (Å²) in [6.45, 7) is 5.34. The average molecular weight is 287 g/mol. The van der Waals surface area contributed by atoms with Gasteiger partial charge in [-0.05, 0) is 17.0 Å². The maximum absolute atomic E-state index is 11.1. The van der Waals surface area contributed by atoms with Crippen LogP contribution in [-0.2, 0) is 17.9 Å². The molecule has 112 valence electrons. The number of amides is 1. The molecule has 0 spiro atoms. The summed E-state index contributed by atoms with van der Waals surface area (Å²) in [6.07, 6.45) is 1.83. The van der Waals surface area contributed by atoms with Gasteiger partial charge in [0.1, 0.15) is 5.69 Å². The fraction of sp³-hybridized carbons (Fsp3) is 0.400. The molecule has 6 nitrogen and oxygen atoms in total. The maximum Gasteiger partial charge on any atom is 0.234 e. The fourth-order valence-electron chi connectivity index (χ4n) is 1.95. The van der Waals surface area contributed by atoms with Crippen molar-refractivity contribution in [2.45, 2.75) is 32.9 Å². The first-order valence-corrected chi connectivity index (χ1v) is 7.03. The first-order chi connectivity index (χ1) is 10.1. The van der Waals surface area contributed by atoms with Crippen molar-refractivity contribution < 1.29 is 4.79 Å². The lowest BCUT2D eigenvalue weighted by molar-refractivity contribution is -0.119. The molecule has 0 saturated heterocycles. The summed E-state index contributed by atoms with van der Waals surface area (Å²) >= 11 is 0.